The fraction of sp³-hybridized carbons (Fsp3) is 0.320. The highest BCUT2D eigenvalue weighted by Gasteiger charge is 2.61. The Morgan fingerprint density at radius 2 is 1.71 bits per heavy atom. The molecule has 0 radical (unpaired) electrons. The zero-order chi connectivity index (χ0) is 22.0. The molecule has 1 aliphatic heterocycles. The number of nitrogens with zero attached hydrogens (tertiary/aromatic N) is 1. The summed E-state index contributed by atoms with van der Waals surface area (Å²) in [5, 5.41) is 11.8. The van der Waals surface area contributed by atoms with Crippen LogP contribution < -0.4 is 0 Å². The van der Waals surface area contributed by atoms with E-state index in [0.29, 0.717) is 24.1 Å². The predicted molar refractivity (Wildman–Crippen MR) is 114 cm³/mol. The molecule has 0 bridgehead atoms. The number of carbonyl (C=O) groups excluding carboxylic acids is 3. The summed E-state index contributed by atoms with van der Waals surface area (Å²) in [7, 11) is 1.21. The first kappa shape index (κ1) is 21.0. The molecule has 1 aliphatic carbocycles. The number of ether oxygens (including phenoxy) is 1. The molecule has 0 aromatic heterocycles. The molecule has 4 rings (SSSR count). The third kappa shape index (κ3) is 3.57. The van der Waals surface area contributed by atoms with Gasteiger partial charge in [0.05, 0.1) is 25.3 Å². The lowest BCUT2D eigenvalue weighted by Crippen LogP contribution is -2.53. The maximum atomic E-state index is 13.8. The van der Waals surface area contributed by atoms with Crippen molar-refractivity contribution >= 4 is 23.4 Å². The van der Waals surface area contributed by atoms with Crippen LogP contribution in [0, 0.1) is 5.92 Å². The molecule has 2 aliphatic rings. The van der Waals surface area contributed by atoms with Gasteiger partial charge in [0.25, 0.3) is 5.91 Å². The maximum absolute atomic E-state index is 13.8. The van der Waals surface area contributed by atoms with Gasteiger partial charge in [0, 0.05) is 6.42 Å². The summed E-state index contributed by atoms with van der Waals surface area (Å²) in [5.41, 5.74) is -0.659. The Bertz CT molecular complexity index is 1030. The molecule has 6 heteroatoms. The maximum Gasteiger partial charge on any atom is 0.339 e. The van der Waals surface area contributed by atoms with Gasteiger partial charge < -0.3 is 14.7 Å². The first-order valence-corrected chi connectivity index (χ1v) is 10.5. The number of aliphatic hydroxyl groups is 1. The van der Waals surface area contributed by atoms with E-state index in [9.17, 15) is 19.5 Å². The van der Waals surface area contributed by atoms with Crippen LogP contribution >= 0.6 is 0 Å². The van der Waals surface area contributed by atoms with Crippen LogP contribution in [0.3, 0.4) is 0 Å². The Labute approximate surface area is 181 Å². The highest BCUT2D eigenvalue weighted by atomic mass is 16.5. The molecule has 31 heavy (non-hydrogen) atoms. The average Bonchev–Trinajstić information content (AvgIpc) is 3.02. The first-order chi connectivity index (χ1) is 15.0. The molecule has 0 spiro atoms. The summed E-state index contributed by atoms with van der Waals surface area (Å²) in [4.78, 5) is 40.9. The van der Waals surface area contributed by atoms with Crippen LogP contribution in [0.4, 0.5) is 0 Å². The molecule has 2 atom stereocenters. The molecule has 2 aromatic rings. The molecule has 2 aromatic carbocycles. The van der Waals surface area contributed by atoms with Crippen molar-refractivity contribution in [2.75, 3.05) is 7.11 Å². The molecule has 2 unspecified atom stereocenters. The first-order valence-electron chi connectivity index (χ1n) is 10.5. The van der Waals surface area contributed by atoms with Crippen molar-refractivity contribution in [3.8, 4) is 0 Å². The van der Waals surface area contributed by atoms with Crippen molar-refractivity contribution in [2.45, 2.75) is 37.8 Å². The molecule has 1 saturated carbocycles. The van der Waals surface area contributed by atoms with Gasteiger partial charge in [0.1, 0.15) is 11.4 Å². The Kier molecular flexibility index (Phi) is 5.74. The smallest absolute Gasteiger partial charge is 0.339 e. The van der Waals surface area contributed by atoms with Crippen LogP contribution in [-0.2, 0) is 25.7 Å². The number of amides is 1. The van der Waals surface area contributed by atoms with Gasteiger partial charge in [-0.2, -0.15) is 0 Å². The summed E-state index contributed by atoms with van der Waals surface area (Å²) in [6, 6.07) is 18.3. The minimum Gasteiger partial charge on any atom is -0.466 e. The molecule has 1 fully saturated rings. The number of Topliss-reactive ketones (excluding diaryl/α,β-unsaturated/α-hetero) is 1. The summed E-state index contributed by atoms with van der Waals surface area (Å²) >= 11 is 0. The lowest BCUT2D eigenvalue weighted by molar-refractivity contribution is -0.156. The topological polar surface area (TPSA) is 83.9 Å². The molecule has 160 valence electrons. The number of hydrogen-bond acceptors (Lipinski definition) is 5. The van der Waals surface area contributed by atoms with Crippen LogP contribution in [0.2, 0.25) is 0 Å². The molecule has 1 N–H and O–H groups in total. The fourth-order valence-corrected chi connectivity index (χ4v) is 4.65. The number of methoxy groups -OCH3 is 1. The van der Waals surface area contributed by atoms with E-state index in [0.717, 1.165) is 12.0 Å². The zero-order valence-electron chi connectivity index (χ0n) is 17.4. The number of hydrogen-bond donors (Lipinski definition) is 1. The quantitative estimate of drug-likeness (QED) is 0.753. The predicted octanol–water partition coefficient (Wildman–Crippen LogP) is 3.10. The van der Waals surface area contributed by atoms with Gasteiger partial charge in [-0.15, -0.1) is 0 Å². The Morgan fingerprint density at radius 3 is 2.32 bits per heavy atom. The minimum atomic E-state index is -2.25. The molecule has 1 amide bonds. The lowest BCUT2D eigenvalue weighted by atomic mass is 9.72. The Balaban J connectivity index is 1.93. The normalized spacial score (nSPS) is 23.9. The van der Waals surface area contributed by atoms with Crippen molar-refractivity contribution in [3.05, 3.63) is 77.4 Å². The monoisotopic (exact) mass is 419 g/mol. The van der Waals surface area contributed by atoms with Crippen molar-refractivity contribution in [3.63, 3.8) is 0 Å². The van der Waals surface area contributed by atoms with E-state index in [1.54, 1.807) is 24.3 Å². The number of benzene rings is 2. The second kappa shape index (κ2) is 8.47. The van der Waals surface area contributed by atoms with Gasteiger partial charge in [0.15, 0.2) is 5.60 Å². The Morgan fingerprint density at radius 1 is 1.06 bits per heavy atom. The summed E-state index contributed by atoms with van der Waals surface area (Å²) in [6.07, 6.45) is 2.06. The number of ketones is 1. The fourth-order valence-electron chi connectivity index (χ4n) is 4.65. The van der Waals surface area contributed by atoms with Crippen LogP contribution in [0.15, 0.2) is 66.2 Å². The number of carbonyl (C=O) groups is 3. The van der Waals surface area contributed by atoms with Crippen LogP contribution in [-0.4, -0.2) is 40.4 Å². The van der Waals surface area contributed by atoms with Gasteiger partial charge >= 0.3 is 5.97 Å². The van der Waals surface area contributed by atoms with E-state index >= 15 is 0 Å². The Hall–Kier alpha value is -3.25. The van der Waals surface area contributed by atoms with Crippen LogP contribution in [0.1, 0.15) is 36.8 Å². The van der Waals surface area contributed by atoms with Crippen LogP contribution in [0.5, 0.6) is 0 Å². The highest BCUT2D eigenvalue weighted by molar-refractivity contribution is 6.16. The second-order valence-corrected chi connectivity index (χ2v) is 7.99. The standard InChI is InChI=1S/C25H25NO5/c1-31-23(28)21-22(18-12-6-3-7-13-18)26(16-17-10-4-2-5-11-17)24(29)25(21,30)19-14-8-9-15-20(19)27/h2-7,10-13,19,30H,8-9,14-16H2,1H3. The molecular weight excluding hydrogens is 394 g/mol. The van der Waals surface area contributed by atoms with Crippen molar-refractivity contribution in [2.24, 2.45) is 5.92 Å². The van der Waals surface area contributed by atoms with Gasteiger partial charge in [-0.25, -0.2) is 4.79 Å². The summed E-state index contributed by atoms with van der Waals surface area (Å²) < 4.78 is 5.01. The van der Waals surface area contributed by atoms with E-state index in [1.807, 2.05) is 36.4 Å². The van der Waals surface area contributed by atoms with Crippen LogP contribution in [0.25, 0.3) is 5.70 Å². The van der Waals surface area contributed by atoms with Gasteiger partial charge in [0.2, 0.25) is 0 Å². The minimum absolute atomic E-state index is 0.151. The third-order valence-corrected chi connectivity index (χ3v) is 6.14. The van der Waals surface area contributed by atoms with E-state index < -0.39 is 23.4 Å². The van der Waals surface area contributed by atoms with Gasteiger partial charge in [-0.1, -0.05) is 67.1 Å². The number of esters is 1. The van der Waals surface area contributed by atoms with Crippen molar-refractivity contribution < 1.29 is 24.2 Å². The molecule has 0 saturated heterocycles. The average molecular weight is 419 g/mol. The van der Waals surface area contributed by atoms with Crippen molar-refractivity contribution in [1.82, 2.24) is 4.90 Å². The highest BCUT2D eigenvalue weighted by Crippen LogP contribution is 2.47. The summed E-state index contributed by atoms with van der Waals surface area (Å²) in [6.45, 7) is 0.160. The van der Waals surface area contributed by atoms with E-state index in [1.165, 1.54) is 12.0 Å². The van der Waals surface area contributed by atoms with Gasteiger partial charge in [-0.3, -0.25) is 9.59 Å². The van der Waals surface area contributed by atoms with Crippen molar-refractivity contribution in [1.29, 1.82) is 0 Å². The van der Waals surface area contributed by atoms with Gasteiger partial charge in [-0.05, 0) is 24.0 Å². The van der Waals surface area contributed by atoms with E-state index in [2.05, 4.69) is 0 Å². The third-order valence-electron chi connectivity index (χ3n) is 6.14. The largest absolute Gasteiger partial charge is 0.466 e. The molecular formula is C25H25NO5. The summed E-state index contributed by atoms with van der Waals surface area (Å²) in [5.74, 6) is -2.63. The lowest BCUT2D eigenvalue weighted by Gasteiger charge is -2.34. The van der Waals surface area contributed by atoms with E-state index in [4.69, 9.17) is 4.74 Å². The second-order valence-electron chi connectivity index (χ2n) is 7.99. The molecule has 1 heterocycles. The van der Waals surface area contributed by atoms with E-state index in [-0.39, 0.29) is 24.3 Å². The zero-order valence-corrected chi connectivity index (χ0v) is 17.4. The number of rotatable bonds is 5. The SMILES string of the molecule is COC(=O)C1=C(c2ccccc2)N(Cc2ccccc2)C(=O)C1(O)C1CCCCC1=O. The molecule has 6 nitrogen and oxygen atoms in total.